The Balaban J connectivity index is 1.87. The summed E-state index contributed by atoms with van der Waals surface area (Å²) in [6, 6.07) is 17.7. The zero-order valence-electron chi connectivity index (χ0n) is 13.4. The fourth-order valence-electron chi connectivity index (χ4n) is 2.21. The lowest BCUT2D eigenvalue weighted by Crippen LogP contribution is -2.19. The third kappa shape index (κ3) is 4.27. The van der Waals surface area contributed by atoms with E-state index in [1.165, 1.54) is 24.3 Å². The van der Waals surface area contributed by atoms with E-state index in [1.54, 1.807) is 48.7 Å². The van der Waals surface area contributed by atoms with Crippen molar-refractivity contribution in [3.8, 4) is 0 Å². The van der Waals surface area contributed by atoms with Crippen molar-refractivity contribution >= 4 is 43.4 Å². The smallest absolute Gasteiger partial charge is 0.261 e. The summed E-state index contributed by atoms with van der Waals surface area (Å²) in [5.74, 6) is -0.0825. The Morgan fingerprint density at radius 2 is 1.62 bits per heavy atom. The van der Waals surface area contributed by atoms with Gasteiger partial charge < -0.3 is 5.32 Å². The van der Waals surface area contributed by atoms with Gasteiger partial charge in [0.15, 0.2) is 0 Å². The molecule has 2 N–H and O–H groups in total. The molecular formula is C18H14BrN3O3S. The predicted octanol–water partition coefficient (Wildman–Crippen LogP) is 3.90. The highest BCUT2D eigenvalue weighted by molar-refractivity contribution is 9.10. The minimum absolute atomic E-state index is 0.0978. The van der Waals surface area contributed by atoms with E-state index in [2.05, 4.69) is 31.0 Å². The first-order chi connectivity index (χ1) is 12.5. The van der Waals surface area contributed by atoms with E-state index < -0.39 is 15.9 Å². The molecule has 132 valence electrons. The Kier molecular flexibility index (Phi) is 5.34. The van der Waals surface area contributed by atoms with Crippen molar-refractivity contribution in [2.24, 2.45) is 0 Å². The predicted molar refractivity (Wildman–Crippen MR) is 104 cm³/mol. The molecule has 0 aliphatic rings. The number of rotatable bonds is 5. The molecule has 1 heterocycles. The summed E-state index contributed by atoms with van der Waals surface area (Å²) in [6.07, 6.45) is 1.55. The maximum absolute atomic E-state index is 12.6. The summed E-state index contributed by atoms with van der Waals surface area (Å²) < 4.78 is 28.4. The van der Waals surface area contributed by atoms with Crippen molar-refractivity contribution in [2.75, 3.05) is 10.0 Å². The summed E-state index contributed by atoms with van der Waals surface area (Å²) in [5.41, 5.74) is 0.377. The first-order valence-electron chi connectivity index (χ1n) is 7.55. The largest absolute Gasteiger partial charge is 0.306 e. The molecule has 0 unspecified atom stereocenters. The van der Waals surface area contributed by atoms with E-state index >= 15 is 0 Å². The van der Waals surface area contributed by atoms with E-state index in [0.29, 0.717) is 5.82 Å². The van der Waals surface area contributed by atoms with Gasteiger partial charge in [0.2, 0.25) is 0 Å². The van der Waals surface area contributed by atoms with Crippen molar-refractivity contribution in [3.63, 3.8) is 0 Å². The van der Waals surface area contributed by atoms with Crippen LogP contribution in [0.2, 0.25) is 0 Å². The monoisotopic (exact) mass is 431 g/mol. The maximum Gasteiger partial charge on any atom is 0.261 e. The molecule has 0 atom stereocenters. The molecule has 1 amide bonds. The number of para-hydroxylation sites is 1. The van der Waals surface area contributed by atoms with Crippen LogP contribution in [0.5, 0.6) is 0 Å². The minimum Gasteiger partial charge on any atom is -0.306 e. The molecule has 1 aromatic heterocycles. The minimum atomic E-state index is -3.83. The number of amides is 1. The highest BCUT2D eigenvalue weighted by Gasteiger charge is 2.18. The molecule has 8 heteroatoms. The van der Waals surface area contributed by atoms with Gasteiger partial charge in [-0.1, -0.05) is 34.1 Å². The first-order valence-corrected chi connectivity index (χ1v) is 9.83. The molecule has 0 saturated heterocycles. The van der Waals surface area contributed by atoms with E-state index in [0.717, 1.165) is 4.47 Å². The molecule has 2 aromatic carbocycles. The summed E-state index contributed by atoms with van der Waals surface area (Å²) >= 11 is 3.27. The van der Waals surface area contributed by atoms with E-state index in [-0.39, 0.29) is 16.1 Å². The average Bonchev–Trinajstić information content (AvgIpc) is 2.63. The van der Waals surface area contributed by atoms with Crippen LogP contribution < -0.4 is 10.0 Å². The van der Waals surface area contributed by atoms with Crippen molar-refractivity contribution in [1.29, 1.82) is 0 Å². The van der Waals surface area contributed by atoms with Gasteiger partial charge in [-0.15, -0.1) is 0 Å². The number of pyridine rings is 1. The van der Waals surface area contributed by atoms with Crippen molar-refractivity contribution in [2.45, 2.75) is 4.90 Å². The number of halogens is 1. The zero-order chi connectivity index (χ0) is 18.6. The van der Waals surface area contributed by atoms with Gasteiger partial charge in [0.05, 0.1) is 16.1 Å². The second-order valence-electron chi connectivity index (χ2n) is 5.27. The van der Waals surface area contributed by atoms with Crippen LogP contribution in [0.25, 0.3) is 0 Å². The molecule has 0 aliphatic heterocycles. The molecule has 0 saturated carbocycles. The SMILES string of the molecule is O=C(Nc1ccccn1)c1ccccc1NS(=O)(=O)c1ccc(Br)cc1. The van der Waals surface area contributed by atoms with Gasteiger partial charge in [0.25, 0.3) is 15.9 Å². The number of anilines is 2. The van der Waals surface area contributed by atoms with Crippen LogP contribution in [-0.2, 0) is 10.0 Å². The van der Waals surface area contributed by atoms with Crippen LogP contribution >= 0.6 is 15.9 Å². The molecule has 26 heavy (non-hydrogen) atoms. The number of sulfonamides is 1. The summed E-state index contributed by atoms with van der Waals surface area (Å²) in [6.45, 7) is 0. The van der Waals surface area contributed by atoms with Crippen molar-refractivity contribution < 1.29 is 13.2 Å². The Labute approximate surface area is 159 Å². The standard InChI is InChI=1S/C18H14BrN3O3S/c19-13-8-10-14(11-9-13)26(24,25)22-16-6-2-1-5-15(16)18(23)21-17-7-3-4-12-20-17/h1-12,22H,(H,20,21,23). The van der Waals surface area contributed by atoms with Crippen LogP contribution in [-0.4, -0.2) is 19.3 Å². The lowest BCUT2D eigenvalue weighted by atomic mass is 10.1. The molecule has 3 rings (SSSR count). The molecular weight excluding hydrogens is 418 g/mol. The van der Waals surface area contributed by atoms with Gasteiger partial charge in [-0.2, -0.15) is 0 Å². The lowest BCUT2D eigenvalue weighted by molar-refractivity contribution is 0.102. The van der Waals surface area contributed by atoms with Crippen LogP contribution in [0.1, 0.15) is 10.4 Å². The summed E-state index contributed by atoms with van der Waals surface area (Å²) in [4.78, 5) is 16.6. The number of aromatic nitrogens is 1. The Morgan fingerprint density at radius 1 is 0.923 bits per heavy atom. The maximum atomic E-state index is 12.6. The van der Waals surface area contributed by atoms with Gasteiger partial charge in [0, 0.05) is 10.7 Å². The second-order valence-corrected chi connectivity index (χ2v) is 7.87. The Morgan fingerprint density at radius 3 is 2.31 bits per heavy atom. The fourth-order valence-corrected chi connectivity index (χ4v) is 3.55. The van der Waals surface area contributed by atoms with Gasteiger partial charge in [-0.3, -0.25) is 9.52 Å². The highest BCUT2D eigenvalue weighted by Crippen LogP contribution is 2.22. The number of nitrogens with one attached hydrogen (secondary N) is 2. The number of nitrogens with zero attached hydrogens (tertiary/aromatic N) is 1. The third-order valence-corrected chi connectivity index (χ3v) is 5.36. The normalized spacial score (nSPS) is 11.0. The first kappa shape index (κ1) is 18.1. The lowest BCUT2D eigenvalue weighted by Gasteiger charge is -2.12. The molecule has 6 nitrogen and oxygen atoms in total. The van der Waals surface area contributed by atoms with E-state index in [4.69, 9.17) is 0 Å². The molecule has 0 fully saturated rings. The van der Waals surface area contributed by atoms with Crippen LogP contribution in [0.15, 0.2) is 82.3 Å². The Hall–Kier alpha value is -2.71. The number of benzene rings is 2. The van der Waals surface area contributed by atoms with Crippen molar-refractivity contribution in [3.05, 3.63) is 83.0 Å². The molecule has 3 aromatic rings. The van der Waals surface area contributed by atoms with E-state index in [1.807, 2.05) is 0 Å². The van der Waals surface area contributed by atoms with Gasteiger partial charge in [0.1, 0.15) is 5.82 Å². The fraction of sp³-hybridized carbons (Fsp3) is 0. The molecule has 0 aliphatic carbocycles. The molecule has 0 spiro atoms. The number of carbonyl (C=O) groups is 1. The summed E-state index contributed by atoms with van der Waals surface area (Å²) in [7, 11) is -3.83. The van der Waals surface area contributed by atoms with Gasteiger partial charge in [-0.05, 0) is 48.5 Å². The van der Waals surface area contributed by atoms with Gasteiger partial charge in [-0.25, -0.2) is 13.4 Å². The highest BCUT2D eigenvalue weighted by atomic mass is 79.9. The van der Waals surface area contributed by atoms with Gasteiger partial charge >= 0.3 is 0 Å². The topological polar surface area (TPSA) is 88.2 Å². The van der Waals surface area contributed by atoms with Crippen molar-refractivity contribution in [1.82, 2.24) is 4.98 Å². The Bertz CT molecular complexity index is 1020. The third-order valence-electron chi connectivity index (χ3n) is 3.45. The second kappa shape index (κ2) is 7.67. The summed E-state index contributed by atoms with van der Waals surface area (Å²) in [5, 5.41) is 2.64. The average molecular weight is 432 g/mol. The van der Waals surface area contributed by atoms with Crippen LogP contribution in [0.4, 0.5) is 11.5 Å². The molecule has 0 radical (unpaired) electrons. The number of carbonyl (C=O) groups excluding carboxylic acids is 1. The van der Waals surface area contributed by atoms with Crippen LogP contribution in [0, 0.1) is 0 Å². The zero-order valence-corrected chi connectivity index (χ0v) is 15.8. The molecule has 0 bridgehead atoms. The quantitative estimate of drug-likeness (QED) is 0.640. The van der Waals surface area contributed by atoms with E-state index in [9.17, 15) is 13.2 Å². The van der Waals surface area contributed by atoms with Crippen LogP contribution in [0.3, 0.4) is 0 Å². The number of hydrogen-bond acceptors (Lipinski definition) is 4. The number of hydrogen-bond donors (Lipinski definition) is 2.